The van der Waals surface area contributed by atoms with Gasteiger partial charge >= 0.3 is 0 Å². The van der Waals surface area contributed by atoms with Gasteiger partial charge in [-0.1, -0.05) is 44.2 Å². The molecule has 0 fully saturated rings. The van der Waals surface area contributed by atoms with Gasteiger partial charge in [0.2, 0.25) is 15.9 Å². The molecule has 3 aromatic carbocycles. The average molecular weight is 465 g/mol. The number of nitrogens with one attached hydrogen (secondary N) is 1. The van der Waals surface area contributed by atoms with Gasteiger partial charge in [0, 0.05) is 35.5 Å². The summed E-state index contributed by atoms with van der Waals surface area (Å²) in [5, 5.41) is 4.91. The fourth-order valence-electron chi connectivity index (χ4n) is 3.92. The van der Waals surface area contributed by atoms with Crippen LogP contribution in [0.5, 0.6) is 0 Å². The van der Waals surface area contributed by atoms with Crippen LogP contribution in [-0.4, -0.2) is 27.1 Å². The largest absolute Gasteiger partial charge is 0.456 e. The van der Waals surface area contributed by atoms with Crippen LogP contribution < -0.4 is 9.62 Å². The zero-order valence-corrected chi connectivity index (χ0v) is 19.9. The van der Waals surface area contributed by atoms with Crippen LogP contribution in [0.25, 0.3) is 21.9 Å². The van der Waals surface area contributed by atoms with E-state index in [9.17, 15) is 13.2 Å². The fraction of sp³-hybridized carbons (Fsp3) is 0.269. The first-order valence-electron chi connectivity index (χ1n) is 11.0. The number of amides is 1. The van der Waals surface area contributed by atoms with E-state index in [0.29, 0.717) is 29.3 Å². The van der Waals surface area contributed by atoms with E-state index in [1.807, 2.05) is 66.7 Å². The second-order valence-corrected chi connectivity index (χ2v) is 10.4. The minimum absolute atomic E-state index is 0.172. The number of benzene rings is 3. The van der Waals surface area contributed by atoms with Crippen molar-refractivity contribution in [2.45, 2.75) is 32.6 Å². The lowest BCUT2D eigenvalue weighted by molar-refractivity contribution is -0.116. The number of furan rings is 1. The van der Waals surface area contributed by atoms with Crippen LogP contribution in [0, 0.1) is 0 Å². The van der Waals surface area contributed by atoms with Gasteiger partial charge < -0.3 is 9.73 Å². The number of para-hydroxylation sites is 1. The first kappa shape index (κ1) is 22.9. The molecule has 0 radical (unpaired) electrons. The van der Waals surface area contributed by atoms with Crippen LogP contribution in [0.15, 0.2) is 71.1 Å². The number of carbonyl (C=O) groups is 1. The quantitative estimate of drug-likeness (QED) is 0.352. The maximum atomic E-state index is 12.5. The zero-order valence-electron chi connectivity index (χ0n) is 19.0. The number of anilines is 2. The van der Waals surface area contributed by atoms with Gasteiger partial charge in [0.1, 0.15) is 11.2 Å². The topological polar surface area (TPSA) is 79.6 Å². The van der Waals surface area contributed by atoms with Gasteiger partial charge in [0.15, 0.2) is 0 Å². The lowest BCUT2D eigenvalue weighted by Crippen LogP contribution is -2.31. The van der Waals surface area contributed by atoms with Gasteiger partial charge in [0.05, 0.1) is 11.9 Å². The van der Waals surface area contributed by atoms with E-state index >= 15 is 0 Å². The van der Waals surface area contributed by atoms with Crippen molar-refractivity contribution in [3.8, 4) is 0 Å². The van der Waals surface area contributed by atoms with Gasteiger partial charge in [-0.15, -0.1) is 0 Å². The van der Waals surface area contributed by atoms with Crippen molar-refractivity contribution in [1.82, 2.24) is 0 Å². The molecular formula is C26H28N2O4S. The minimum Gasteiger partial charge on any atom is -0.456 e. The molecule has 6 nitrogen and oxygen atoms in total. The van der Waals surface area contributed by atoms with Crippen LogP contribution in [0.4, 0.5) is 11.4 Å². The molecule has 4 rings (SSSR count). The Bertz CT molecular complexity index is 1390. The number of carbonyl (C=O) groups excluding carboxylic acids is 1. The SMILES string of the molecule is CC(C)c1ccc(N(CCCC(=O)Nc2ccc3c(c2)oc2ccccc23)S(C)(=O)=O)cc1. The Morgan fingerprint density at radius 1 is 0.970 bits per heavy atom. The van der Waals surface area contributed by atoms with Crippen molar-refractivity contribution >= 4 is 49.2 Å². The van der Waals surface area contributed by atoms with Crippen LogP contribution in [0.3, 0.4) is 0 Å². The smallest absolute Gasteiger partial charge is 0.232 e. The third-order valence-electron chi connectivity index (χ3n) is 5.68. The van der Waals surface area contributed by atoms with E-state index in [0.717, 1.165) is 21.9 Å². The monoisotopic (exact) mass is 464 g/mol. The van der Waals surface area contributed by atoms with Gasteiger partial charge in [0.25, 0.3) is 0 Å². The van der Waals surface area contributed by atoms with E-state index in [-0.39, 0.29) is 18.9 Å². The highest BCUT2D eigenvalue weighted by Crippen LogP contribution is 2.30. The van der Waals surface area contributed by atoms with E-state index in [4.69, 9.17) is 4.42 Å². The van der Waals surface area contributed by atoms with Gasteiger partial charge in [-0.2, -0.15) is 0 Å². The van der Waals surface area contributed by atoms with Crippen molar-refractivity contribution in [2.24, 2.45) is 0 Å². The molecule has 172 valence electrons. The number of hydrogen-bond donors (Lipinski definition) is 1. The molecule has 0 saturated carbocycles. The summed E-state index contributed by atoms with van der Waals surface area (Å²) >= 11 is 0. The zero-order chi connectivity index (χ0) is 23.6. The first-order valence-corrected chi connectivity index (χ1v) is 12.9. The second-order valence-electron chi connectivity index (χ2n) is 8.54. The molecule has 0 saturated heterocycles. The molecule has 0 atom stereocenters. The second kappa shape index (κ2) is 9.27. The molecule has 7 heteroatoms. The molecule has 1 N–H and O–H groups in total. The van der Waals surface area contributed by atoms with E-state index in [1.165, 1.54) is 10.6 Å². The highest BCUT2D eigenvalue weighted by Gasteiger charge is 2.18. The molecule has 33 heavy (non-hydrogen) atoms. The summed E-state index contributed by atoms with van der Waals surface area (Å²) in [5.41, 5.74) is 3.92. The van der Waals surface area contributed by atoms with Crippen LogP contribution in [0.2, 0.25) is 0 Å². The summed E-state index contributed by atoms with van der Waals surface area (Å²) in [4.78, 5) is 12.5. The molecule has 0 spiro atoms. The number of rotatable bonds is 8. The van der Waals surface area contributed by atoms with E-state index < -0.39 is 10.0 Å². The normalized spacial score (nSPS) is 11.9. The van der Waals surface area contributed by atoms with Gasteiger partial charge in [-0.25, -0.2) is 8.42 Å². The van der Waals surface area contributed by atoms with Gasteiger partial charge in [-0.05, 0) is 48.2 Å². The van der Waals surface area contributed by atoms with Gasteiger partial charge in [-0.3, -0.25) is 9.10 Å². The Morgan fingerprint density at radius 2 is 1.67 bits per heavy atom. The molecule has 0 aliphatic heterocycles. The molecule has 1 heterocycles. The maximum absolute atomic E-state index is 12.5. The molecule has 0 bridgehead atoms. The lowest BCUT2D eigenvalue weighted by Gasteiger charge is -2.23. The summed E-state index contributed by atoms with van der Waals surface area (Å²) in [5.74, 6) is 0.197. The highest BCUT2D eigenvalue weighted by molar-refractivity contribution is 7.92. The van der Waals surface area contributed by atoms with Crippen LogP contribution in [-0.2, 0) is 14.8 Å². The summed E-state index contributed by atoms with van der Waals surface area (Å²) < 4.78 is 31.9. The summed E-state index contributed by atoms with van der Waals surface area (Å²) in [6, 6.07) is 20.9. The number of sulfonamides is 1. The first-order chi connectivity index (χ1) is 15.7. The Kier molecular flexibility index (Phi) is 6.42. The lowest BCUT2D eigenvalue weighted by atomic mass is 10.0. The molecule has 4 aromatic rings. The Balaban J connectivity index is 1.39. The molecule has 0 aliphatic carbocycles. The van der Waals surface area contributed by atoms with E-state index in [2.05, 4.69) is 19.2 Å². The number of fused-ring (bicyclic) bond motifs is 3. The van der Waals surface area contributed by atoms with Crippen LogP contribution >= 0.6 is 0 Å². The number of nitrogens with zero attached hydrogens (tertiary/aromatic N) is 1. The average Bonchev–Trinajstić information content (AvgIpc) is 3.13. The third kappa shape index (κ3) is 5.20. The minimum atomic E-state index is -3.46. The summed E-state index contributed by atoms with van der Waals surface area (Å²) in [7, 11) is -3.46. The standard InChI is InChI=1S/C26H28N2O4S/c1-18(2)19-10-13-21(14-11-19)28(33(3,30)31)16-6-9-26(29)27-20-12-15-23-22-7-4-5-8-24(22)32-25(23)17-20/h4-5,7-8,10-15,17-18H,6,9,16H2,1-3H3,(H,27,29). The Hall–Kier alpha value is -3.32. The predicted molar refractivity (Wildman–Crippen MR) is 134 cm³/mol. The molecular weight excluding hydrogens is 436 g/mol. The van der Waals surface area contributed by atoms with Crippen LogP contribution in [0.1, 0.15) is 38.2 Å². The molecule has 0 aliphatic rings. The molecule has 1 aromatic heterocycles. The maximum Gasteiger partial charge on any atom is 0.232 e. The fourth-order valence-corrected chi connectivity index (χ4v) is 4.89. The van der Waals surface area contributed by atoms with Crippen molar-refractivity contribution in [1.29, 1.82) is 0 Å². The van der Waals surface area contributed by atoms with Crippen molar-refractivity contribution in [3.05, 3.63) is 72.3 Å². The predicted octanol–water partition coefficient (Wildman–Crippen LogP) is 5.89. The Morgan fingerprint density at radius 3 is 2.36 bits per heavy atom. The highest BCUT2D eigenvalue weighted by atomic mass is 32.2. The molecule has 0 unspecified atom stereocenters. The Labute approximate surface area is 194 Å². The summed E-state index contributed by atoms with van der Waals surface area (Å²) in [6.07, 6.45) is 1.79. The number of hydrogen-bond acceptors (Lipinski definition) is 4. The van der Waals surface area contributed by atoms with Crippen molar-refractivity contribution in [2.75, 3.05) is 22.4 Å². The third-order valence-corrected chi connectivity index (χ3v) is 6.87. The molecule has 1 amide bonds. The van der Waals surface area contributed by atoms with Crippen molar-refractivity contribution in [3.63, 3.8) is 0 Å². The summed E-state index contributed by atoms with van der Waals surface area (Å²) in [6.45, 7) is 4.41. The van der Waals surface area contributed by atoms with E-state index in [1.54, 1.807) is 0 Å². The van der Waals surface area contributed by atoms with Crippen molar-refractivity contribution < 1.29 is 17.6 Å².